The van der Waals surface area contributed by atoms with Crippen molar-refractivity contribution in [3.63, 3.8) is 0 Å². The van der Waals surface area contributed by atoms with Crippen molar-refractivity contribution in [2.45, 2.75) is 26.8 Å². The van der Waals surface area contributed by atoms with Crippen LogP contribution in [0.4, 0.5) is 0 Å². The molecular weight excluding hydrogens is 244 g/mol. The second-order valence-electron chi connectivity index (χ2n) is 4.66. The van der Waals surface area contributed by atoms with E-state index in [1.807, 2.05) is 18.2 Å². The van der Waals surface area contributed by atoms with Crippen molar-refractivity contribution in [3.8, 4) is 0 Å². The second-order valence-corrected chi connectivity index (χ2v) is 4.66. The molecule has 0 aliphatic heterocycles. The van der Waals surface area contributed by atoms with Gasteiger partial charge in [0, 0.05) is 20.5 Å². The highest BCUT2D eigenvalue weighted by Gasteiger charge is 2.12. The number of oxazole rings is 1. The number of carbonyl (C=O) groups excluding carboxylic acids is 2. The fourth-order valence-electron chi connectivity index (χ4n) is 1.89. The predicted molar refractivity (Wildman–Crippen MR) is 70.5 cm³/mol. The molecule has 5 nitrogen and oxygen atoms in total. The number of amides is 1. The number of aromatic nitrogens is 1. The maximum Gasteiger partial charge on any atom is 0.230 e. The highest BCUT2D eigenvalue weighted by molar-refractivity contribution is 5.96. The summed E-state index contributed by atoms with van der Waals surface area (Å²) in [6.07, 6.45) is -0.0554. The molecule has 2 rings (SSSR count). The minimum atomic E-state index is -0.179. The van der Waals surface area contributed by atoms with Gasteiger partial charge in [0.2, 0.25) is 5.91 Å². The van der Waals surface area contributed by atoms with Crippen molar-refractivity contribution in [2.24, 2.45) is 0 Å². The maximum absolute atomic E-state index is 11.7. The standard InChI is InChI=1S/C14H16N2O3/c1-9(17)6-14(18)16(3)8-11-4-5-12-13(7-11)19-10(2)15-12/h4-5,7H,6,8H2,1-3H3. The molecule has 0 spiro atoms. The molecule has 0 saturated carbocycles. The number of ketones is 1. The zero-order valence-electron chi connectivity index (χ0n) is 11.3. The van der Waals surface area contributed by atoms with Gasteiger partial charge in [-0.25, -0.2) is 4.98 Å². The van der Waals surface area contributed by atoms with Crippen LogP contribution in [0.3, 0.4) is 0 Å². The smallest absolute Gasteiger partial charge is 0.230 e. The van der Waals surface area contributed by atoms with Crippen LogP contribution in [0.2, 0.25) is 0 Å². The lowest BCUT2D eigenvalue weighted by Crippen LogP contribution is -2.27. The molecule has 0 aliphatic carbocycles. The number of benzene rings is 1. The Morgan fingerprint density at radius 3 is 2.79 bits per heavy atom. The van der Waals surface area contributed by atoms with E-state index in [1.54, 1.807) is 14.0 Å². The topological polar surface area (TPSA) is 63.4 Å². The van der Waals surface area contributed by atoms with Gasteiger partial charge >= 0.3 is 0 Å². The average molecular weight is 260 g/mol. The third-order valence-corrected chi connectivity index (χ3v) is 2.81. The number of rotatable bonds is 4. The van der Waals surface area contributed by atoms with E-state index >= 15 is 0 Å². The predicted octanol–water partition coefficient (Wildman–Crippen LogP) is 2.07. The van der Waals surface area contributed by atoms with Crippen molar-refractivity contribution in [1.82, 2.24) is 9.88 Å². The summed E-state index contributed by atoms with van der Waals surface area (Å²) in [4.78, 5) is 28.4. The Labute approximate surface area is 111 Å². The van der Waals surface area contributed by atoms with E-state index < -0.39 is 0 Å². The molecule has 0 radical (unpaired) electrons. The third-order valence-electron chi connectivity index (χ3n) is 2.81. The highest BCUT2D eigenvalue weighted by atomic mass is 16.3. The third kappa shape index (κ3) is 3.19. The first kappa shape index (κ1) is 13.3. The number of carbonyl (C=O) groups is 2. The zero-order valence-corrected chi connectivity index (χ0v) is 11.3. The van der Waals surface area contributed by atoms with Gasteiger partial charge in [-0.05, 0) is 24.6 Å². The molecule has 0 saturated heterocycles. The molecule has 0 atom stereocenters. The lowest BCUT2D eigenvalue weighted by atomic mass is 10.2. The van der Waals surface area contributed by atoms with Crippen LogP contribution in [0.15, 0.2) is 22.6 Å². The Kier molecular flexibility index (Phi) is 3.64. The largest absolute Gasteiger partial charge is 0.441 e. The van der Waals surface area contributed by atoms with Crippen molar-refractivity contribution >= 4 is 22.8 Å². The van der Waals surface area contributed by atoms with Crippen molar-refractivity contribution in [1.29, 1.82) is 0 Å². The molecule has 0 N–H and O–H groups in total. The average Bonchev–Trinajstić information content (AvgIpc) is 2.67. The van der Waals surface area contributed by atoms with Crippen LogP contribution >= 0.6 is 0 Å². The molecular formula is C14H16N2O3. The van der Waals surface area contributed by atoms with E-state index in [0.29, 0.717) is 18.0 Å². The van der Waals surface area contributed by atoms with Gasteiger partial charge in [0.15, 0.2) is 11.5 Å². The first-order chi connectivity index (χ1) is 8.95. The lowest BCUT2D eigenvalue weighted by molar-refractivity contribution is -0.134. The first-order valence-electron chi connectivity index (χ1n) is 6.05. The summed E-state index contributed by atoms with van der Waals surface area (Å²) >= 11 is 0. The molecule has 5 heteroatoms. The molecule has 1 amide bonds. The molecule has 1 aromatic carbocycles. The fraction of sp³-hybridized carbons (Fsp3) is 0.357. The van der Waals surface area contributed by atoms with Gasteiger partial charge in [0.25, 0.3) is 0 Å². The molecule has 100 valence electrons. The van der Waals surface area contributed by atoms with Gasteiger partial charge in [-0.3, -0.25) is 9.59 Å². The van der Waals surface area contributed by atoms with Gasteiger partial charge in [0.1, 0.15) is 11.3 Å². The monoisotopic (exact) mass is 260 g/mol. The second kappa shape index (κ2) is 5.22. The van der Waals surface area contributed by atoms with Gasteiger partial charge in [0.05, 0.1) is 6.42 Å². The number of hydrogen-bond donors (Lipinski definition) is 0. The Bertz CT molecular complexity index is 631. The Morgan fingerprint density at radius 2 is 2.11 bits per heavy atom. The minimum Gasteiger partial charge on any atom is -0.441 e. The van der Waals surface area contributed by atoms with E-state index in [9.17, 15) is 9.59 Å². The minimum absolute atomic E-state index is 0.0554. The number of nitrogens with zero attached hydrogens (tertiary/aromatic N) is 2. The molecule has 2 aromatic rings. The molecule has 0 fully saturated rings. The number of hydrogen-bond acceptors (Lipinski definition) is 4. The molecule has 0 bridgehead atoms. The van der Waals surface area contributed by atoms with Crippen molar-refractivity contribution < 1.29 is 14.0 Å². The van der Waals surface area contributed by atoms with Crippen LogP contribution in [0.5, 0.6) is 0 Å². The van der Waals surface area contributed by atoms with Gasteiger partial charge in [-0.15, -0.1) is 0 Å². The maximum atomic E-state index is 11.7. The molecule has 19 heavy (non-hydrogen) atoms. The van der Waals surface area contributed by atoms with Crippen LogP contribution in [0.1, 0.15) is 24.8 Å². The quantitative estimate of drug-likeness (QED) is 0.789. The summed E-state index contributed by atoms with van der Waals surface area (Å²) in [6, 6.07) is 5.64. The van der Waals surface area contributed by atoms with Crippen LogP contribution in [-0.4, -0.2) is 28.6 Å². The Morgan fingerprint density at radius 1 is 1.37 bits per heavy atom. The molecule has 0 unspecified atom stereocenters. The van der Waals surface area contributed by atoms with Gasteiger partial charge < -0.3 is 9.32 Å². The Hall–Kier alpha value is -2.17. The zero-order chi connectivity index (χ0) is 14.0. The van der Waals surface area contributed by atoms with E-state index in [2.05, 4.69) is 4.98 Å². The van der Waals surface area contributed by atoms with Gasteiger partial charge in [-0.2, -0.15) is 0 Å². The molecule has 1 heterocycles. The number of fused-ring (bicyclic) bond motifs is 1. The first-order valence-corrected chi connectivity index (χ1v) is 6.05. The molecule has 1 aromatic heterocycles. The number of Topliss-reactive ketones (excluding diaryl/α,β-unsaturated/α-hetero) is 1. The van der Waals surface area contributed by atoms with Crippen LogP contribution < -0.4 is 0 Å². The van der Waals surface area contributed by atoms with Crippen molar-refractivity contribution in [2.75, 3.05) is 7.05 Å². The number of aryl methyl sites for hydroxylation is 1. The van der Waals surface area contributed by atoms with E-state index in [4.69, 9.17) is 4.42 Å². The van der Waals surface area contributed by atoms with E-state index in [0.717, 1.165) is 11.1 Å². The summed E-state index contributed by atoms with van der Waals surface area (Å²) in [6.45, 7) is 3.65. The molecule has 0 aliphatic rings. The van der Waals surface area contributed by atoms with Crippen LogP contribution in [0.25, 0.3) is 11.1 Å². The summed E-state index contributed by atoms with van der Waals surface area (Å²) in [7, 11) is 1.68. The SMILES string of the molecule is CC(=O)CC(=O)N(C)Cc1ccc2nc(C)oc2c1. The summed E-state index contributed by atoms with van der Waals surface area (Å²) < 4.78 is 5.45. The van der Waals surface area contributed by atoms with Crippen molar-refractivity contribution in [3.05, 3.63) is 29.7 Å². The summed E-state index contributed by atoms with van der Waals surface area (Å²) in [5.41, 5.74) is 2.46. The fourth-order valence-corrected chi connectivity index (χ4v) is 1.89. The highest BCUT2D eigenvalue weighted by Crippen LogP contribution is 2.17. The van der Waals surface area contributed by atoms with Crippen LogP contribution in [-0.2, 0) is 16.1 Å². The summed E-state index contributed by atoms with van der Waals surface area (Å²) in [5.74, 6) is 0.313. The van der Waals surface area contributed by atoms with Gasteiger partial charge in [-0.1, -0.05) is 6.07 Å². The Balaban J connectivity index is 2.12. The van der Waals surface area contributed by atoms with Crippen LogP contribution in [0, 0.1) is 6.92 Å². The lowest BCUT2D eigenvalue weighted by Gasteiger charge is -2.16. The normalized spacial score (nSPS) is 10.7. The van der Waals surface area contributed by atoms with E-state index in [-0.39, 0.29) is 18.1 Å². The summed E-state index contributed by atoms with van der Waals surface area (Å²) in [5, 5.41) is 0. The van der Waals surface area contributed by atoms with E-state index in [1.165, 1.54) is 11.8 Å².